The molecule has 170 valence electrons. The number of carbonyl (C=O) groups is 1. The molecule has 0 aromatic heterocycles. The Kier molecular flexibility index (Phi) is 11.9. The third kappa shape index (κ3) is 9.88. The van der Waals surface area contributed by atoms with Gasteiger partial charge in [-0.2, -0.15) is 0 Å². The normalized spacial score (nSPS) is 22.0. The highest BCUT2D eigenvalue weighted by Gasteiger charge is 2.43. The van der Waals surface area contributed by atoms with Crippen molar-refractivity contribution in [3.05, 3.63) is 12.2 Å². The van der Waals surface area contributed by atoms with Crippen molar-refractivity contribution in [1.82, 2.24) is 0 Å². The molecule has 0 radical (unpaired) electrons. The van der Waals surface area contributed by atoms with Crippen LogP contribution in [-0.4, -0.2) is 53.4 Å². The van der Waals surface area contributed by atoms with E-state index in [1.165, 1.54) is 12.8 Å². The average Bonchev–Trinajstić information content (AvgIpc) is 2.96. The molecule has 0 heterocycles. The summed E-state index contributed by atoms with van der Waals surface area (Å²) in [4.78, 5) is 12.2. The second-order valence-electron chi connectivity index (χ2n) is 9.63. The third-order valence-electron chi connectivity index (χ3n) is 6.08. The lowest BCUT2D eigenvalue weighted by molar-refractivity contribution is -0.117. The van der Waals surface area contributed by atoms with Crippen molar-refractivity contribution in [2.45, 2.75) is 96.6 Å². The third-order valence-corrected chi connectivity index (χ3v) is 10.6. The van der Waals surface area contributed by atoms with Crippen LogP contribution in [0.25, 0.3) is 0 Å². The molecule has 0 N–H and O–H groups in total. The molecule has 0 aromatic rings. The lowest BCUT2D eigenvalue weighted by Crippen LogP contribution is -2.44. The van der Waals surface area contributed by atoms with E-state index in [0.29, 0.717) is 31.8 Å². The van der Waals surface area contributed by atoms with Crippen LogP contribution in [0.4, 0.5) is 0 Å². The van der Waals surface area contributed by atoms with Gasteiger partial charge in [-0.3, -0.25) is 4.79 Å². The van der Waals surface area contributed by atoms with E-state index in [9.17, 15) is 4.79 Å². The molecule has 0 unspecified atom stereocenters. The fourth-order valence-electron chi connectivity index (χ4n) is 3.16. The molecule has 6 heteroatoms. The maximum absolute atomic E-state index is 12.2. The number of hydrogen-bond acceptors (Lipinski definition) is 5. The number of hydrogen-bond donors (Lipinski definition) is 0. The Morgan fingerprint density at radius 1 is 1.17 bits per heavy atom. The SMILES string of the molecule is CCCCC[C@H](C=C[C@@H]1CC(=O)C[C@H]1O[Si](C)(C)C(C)(C)C)OCOCCOC. The second-order valence-corrected chi connectivity index (χ2v) is 14.4. The molecule has 1 aliphatic carbocycles. The van der Waals surface area contributed by atoms with Gasteiger partial charge in [0, 0.05) is 25.9 Å². The van der Waals surface area contributed by atoms with Crippen LogP contribution in [0.15, 0.2) is 12.2 Å². The molecule has 1 fully saturated rings. The van der Waals surface area contributed by atoms with Crippen LogP contribution >= 0.6 is 0 Å². The van der Waals surface area contributed by atoms with Gasteiger partial charge < -0.3 is 18.6 Å². The predicted molar refractivity (Wildman–Crippen MR) is 121 cm³/mol. The Bertz CT molecular complexity index is 498. The van der Waals surface area contributed by atoms with Gasteiger partial charge in [0.25, 0.3) is 0 Å². The van der Waals surface area contributed by atoms with Crippen molar-refractivity contribution in [2.75, 3.05) is 27.1 Å². The van der Waals surface area contributed by atoms with Crippen LogP contribution in [0, 0.1) is 5.92 Å². The summed E-state index contributed by atoms with van der Waals surface area (Å²) in [5.41, 5.74) is 0. The summed E-state index contributed by atoms with van der Waals surface area (Å²) in [6.45, 7) is 14.8. The highest BCUT2D eigenvalue weighted by molar-refractivity contribution is 6.74. The largest absolute Gasteiger partial charge is 0.413 e. The van der Waals surface area contributed by atoms with Crippen LogP contribution in [0.2, 0.25) is 18.1 Å². The Morgan fingerprint density at radius 2 is 1.90 bits per heavy atom. The smallest absolute Gasteiger partial charge is 0.192 e. The maximum Gasteiger partial charge on any atom is 0.192 e. The molecular formula is C23H44O5Si. The molecule has 29 heavy (non-hydrogen) atoms. The van der Waals surface area contributed by atoms with Gasteiger partial charge in [0.1, 0.15) is 12.6 Å². The number of Topliss-reactive ketones (excluding diaryl/α,β-unsaturated/α-hetero) is 1. The van der Waals surface area contributed by atoms with E-state index in [2.05, 4.69) is 52.9 Å². The van der Waals surface area contributed by atoms with Crippen molar-refractivity contribution in [3.63, 3.8) is 0 Å². The quantitative estimate of drug-likeness (QED) is 0.158. The van der Waals surface area contributed by atoms with Gasteiger partial charge in [-0.05, 0) is 24.6 Å². The van der Waals surface area contributed by atoms with Crippen molar-refractivity contribution >= 4 is 14.1 Å². The van der Waals surface area contributed by atoms with Gasteiger partial charge in [-0.25, -0.2) is 0 Å². The number of ether oxygens (including phenoxy) is 3. The summed E-state index contributed by atoms with van der Waals surface area (Å²) >= 11 is 0. The summed E-state index contributed by atoms with van der Waals surface area (Å²) in [6.07, 6.45) is 9.85. The van der Waals surface area contributed by atoms with Crippen LogP contribution in [0.3, 0.4) is 0 Å². The predicted octanol–water partition coefficient (Wildman–Crippen LogP) is 5.50. The minimum absolute atomic E-state index is 0.00566. The van der Waals surface area contributed by atoms with Crippen molar-refractivity contribution < 1.29 is 23.4 Å². The fraction of sp³-hybridized carbons (Fsp3) is 0.870. The molecule has 0 spiro atoms. The minimum Gasteiger partial charge on any atom is -0.413 e. The Morgan fingerprint density at radius 3 is 2.52 bits per heavy atom. The number of methoxy groups -OCH3 is 1. The first-order valence-corrected chi connectivity index (χ1v) is 14.1. The first-order valence-electron chi connectivity index (χ1n) is 11.2. The van der Waals surface area contributed by atoms with E-state index in [1.54, 1.807) is 7.11 Å². The van der Waals surface area contributed by atoms with E-state index in [1.807, 2.05) is 0 Å². The van der Waals surface area contributed by atoms with Gasteiger partial charge in [-0.1, -0.05) is 59.1 Å². The Balaban J connectivity index is 2.70. The summed E-state index contributed by atoms with van der Waals surface area (Å²) in [5, 5.41) is 0.137. The van der Waals surface area contributed by atoms with Gasteiger partial charge in [0.2, 0.25) is 0 Å². The van der Waals surface area contributed by atoms with Crippen molar-refractivity contribution in [3.8, 4) is 0 Å². The minimum atomic E-state index is -1.91. The van der Waals surface area contributed by atoms with E-state index in [0.717, 1.165) is 12.8 Å². The van der Waals surface area contributed by atoms with Gasteiger partial charge in [-0.15, -0.1) is 0 Å². The lowest BCUT2D eigenvalue weighted by atomic mass is 10.0. The van der Waals surface area contributed by atoms with Crippen LogP contribution in [0.5, 0.6) is 0 Å². The summed E-state index contributed by atoms with van der Waals surface area (Å²) in [5.74, 6) is 0.443. The molecule has 3 atom stereocenters. The van der Waals surface area contributed by atoms with E-state index in [-0.39, 0.29) is 30.0 Å². The highest BCUT2D eigenvalue weighted by atomic mass is 28.4. The average molecular weight is 429 g/mol. The molecule has 0 aliphatic heterocycles. The molecule has 0 amide bonds. The molecule has 0 bridgehead atoms. The monoisotopic (exact) mass is 428 g/mol. The molecule has 5 nitrogen and oxygen atoms in total. The molecule has 1 rings (SSSR count). The van der Waals surface area contributed by atoms with Crippen LogP contribution in [-0.2, 0) is 23.4 Å². The fourth-order valence-corrected chi connectivity index (χ4v) is 4.53. The topological polar surface area (TPSA) is 54.0 Å². The Hall–Kier alpha value is -0.533. The van der Waals surface area contributed by atoms with Crippen LogP contribution in [0.1, 0.15) is 66.2 Å². The molecule has 1 aliphatic rings. The number of ketones is 1. The highest BCUT2D eigenvalue weighted by Crippen LogP contribution is 2.40. The maximum atomic E-state index is 12.2. The Labute approximate surface area is 179 Å². The standard InChI is InChI=1S/C23H44O5Si/c1-8-9-10-11-21(27-18-26-15-14-25-5)13-12-19-16-20(24)17-22(19)28-29(6,7)23(2,3)4/h12-13,19,21-22H,8-11,14-18H2,1-7H3/t19-,21-,22-/m1/s1. The zero-order valence-electron chi connectivity index (χ0n) is 19.8. The van der Waals surface area contributed by atoms with Crippen molar-refractivity contribution in [2.24, 2.45) is 5.92 Å². The first-order chi connectivity index (χ1) is 13.6. The van der Waals surface area contributed by atoms with E-state index >= 15 is 0 Å². The molecule has 1 saturated carbocycles. The number of unbranched alkanes of at least 4 members (excludes halogenated alkanes) is 2. The molecule has 0 saturated heterocycles. The summed E-state index contributed by atoms with van der Waals surface area (Å²) in [7, 11) is -0.248. The van der Waals surface area contributed by atoms with E-state index in [4.69, 9.17) is 18.6 Å². The molecule has 0 aromatic carbocycles. The summed E-state index contributed by atoms with van der Waals surface area (Å²) < 4.78 is 23.0. The van der Waals surface area contributed by atoms with Crippen molar-refractivity contribution in [1.29, 1.82) is 0 Å². The van der Waals surface area contributed by atoms with Gasteiger partial charge >= 0.3 is 0 Å². The number of rotatable bonds is 14. The van der Waals surface area contributed by atoms with Gasteiger partial charge in [0.05, 0.1) is 25.4 Å². The first kappa shape index (κ1) is 26.5. The second kappa shape index (κ2) is 13.0. The van der Waals surface area contributed by atoms with Crippen LogP contribution < -0.4 is 0 Å². The summed E-state index contributed by atoms with van der Waals surface area (Å²) in [6, 6.07) is 0. The van der Waals surface area contributed by atoms with Gasteiger partial charge in [0.15, 0.2) is 8.32 Å². The zero-order chi connectivity index (χ0) is 21.9. The molecular weight excluding hydrogens is 384 g/mol. The number of carbonyl (C=O) groups excluding carboxylic acids is 1. The zero-order valence-corrected chi connectivity index (χ0v) is 20.8. The lowest BCUT2D eigenvalue weighted by Gasteiger charge is -2.39. The van der Waals surface area contributed by atoms with E-state index < -0.39 is 8.32 Å².